The third-order valence-corrected chi connectivity index (χ3v) is 7.02. The van der Waals surface area contributed by atoms with E-state index < -0.39 is 29.7 Å². The van der Waals surface area contributed by atoms with Crippen LogP contribution in [-0.4, -0.2) is 35.7 Å². The predicted molar refractivity (Wildman–Crippen MR) is 111 cm³/mol. The molecule has 3 fully saturated rings. The van der Waals surface area contributed by atoms with Crippen molar-refractivity contribution >= 4 is 17.9 Å². The topological polar surface area (TPSA) is 78.9 Å². The van der Waals surface area contributed by atoms with Gasteiger partial charge >= 0.3 is 17.9 Å². The van der Waals surface area contributed by atoms with Crippen LogP contribution in [-0.2, 0) is 28.6 Å². The van der Waals surface area contributed by atoms with E-state index in [-0.39, 0.29) is 29.6 Å². The molecule has 6 nitrogen and oxygen atoms in total. The number of hydrogen-bond acceptors (Lipinski definition) is 6. The molecule has 3 rings (SSSR count). The van der Waals surface area contributed by atoms with Crippen LogP contribution in [0.5, 0.6) is 0 Å². The van der Waals surface area contributed by atoms with Gasteiger partial charge in [-0.15, -0.1) is 0 Å². The van der Waals surface area contributed by atoms with Gasteiger partial charge in [-0.3, -0.25) is 4.79 Å². The Bertz CT molecular complexity index is 697. The van der Waals surface area contributed by atoms with Gasteiger partial charge in [-0.25, -0.2) is 9.59 Å². The Morgan fingerprint density at radius 1 is 1.00 bits per heavy atom. The average molecular weight is 423 g/mol. The Hall–Kier alpha value is -1.59. The van der Waals surface area contributed by atoms with Crippen molar-refractivity contribution in [2.24, 2.45) is 40.9 Å². The molecule has 0 aromatic carbocycles. The zero-order valence-corrected chi connectivity index (χ0v) is 19.7. The van der Waals surface area contributed by atoms with Gasteiger partial charge in [0, 0.05) is 6.42 Å². The van der Waals surface area contributed by atoms with Crippen LogP contribution in [0.25, 0.3) is 0 Å². The summed E-state index contributed by atoms with van der Waals surface area (Å²) in [5.74, 6) is 0.729. The van der Waals surface area contributed by atoms with Crippen LogP contribution >= 0.6 is 0 Å². The number of esters is 3. The molecule has 2 aliphatic carbocycles. The minimum absolute atomic E-state index is 0.0254. The first-order chi connectivity index (χ1) is 13.7. The Balaban J connectivity index is 1.65. The predicted octanol–water partition coefficient (Wildman–Crippen LogP) is 4.15. The van der Waals surface area contributed by atoms with E-state index in [1.54, 1.807) is 20.8 Å². The fourth-order valence-electron chi connectivity index (χ4n) is 6.24. The van der Waals surface area contributed by atoms with Gasteiger partial charge < -0.3 is 14.2 Å². The van der Waals surface area contributed by atoms with Gasteiger partial charge in [0.05, 0.1) is 5.92 Å². The summed E-state index contributed by atoms with van der Waals surface area (Å²) in [7, 11) is 0. The lowest BCUT2D eigenvalue weighted by Gasteiger charge is -2.44. The van der Waals surface area contributed by atoms with Crippen molar-refractivity contribution < 1.29 is 28.6 Å². The quantitative estimate of drug-likeness (QED) is 0.500. The first kappa shape index (κ1) is 23.1. The van der Waals surface area contributed by atoms with Gasteiger partial charge in [0.25, 0.3) is 0 Å². The lowest BCUT2D eigenvalue weighted by Crippen LogP contribution is -2.42. The van der Waals surface area contributed by atoms with E-state index >= 15 is 0 Å². The zero-order valence-electron chi connectivity index (χ0n) is 19.7. The molecule has 0 spiro atoms. The summed E-state index contributed by atoms with van der Waals surface area (Å²) < 4.78 is 16.0. The molecule has 1 saturated heterocycles. The van der Waals surface area contributed by atoms with Crippen molar-refractivity contribution in [2.45, 2.75) is 92.5 Å². The zero-order chi connectivity index (χ0) is 22.6. The van der Waals surface area contributed by atoms with Crippen LogP contribution in [0.3, 0.4) is 0 Å². The Morgan fingerprint density at radius 3 is 2.17 bits per heavy atom. The van der Waals surface area contributed by atoms with Gasteiger partial charge in [0.1, 0.15) is 5.60 Å². The van der Waals surface area contributed by atoms with Crippen molar-refractivity contribution in [2.75, 3.05) is 0 Å². The molecule has 6 heteroatoms. The Labute approximate surface area is 180 Å². The molecule has 170 valence electrons. The van der Waals surface area contributed by atoms with E-state index in [2.05, 4.69) is 34.6 Å². The van der Waals surface area contributed by atoms with Gasteiger partial charge in [-0.1, -0.05) is 34.6 Å². The standard InChI is InChI=1S/C24H38O6/c1-12(2)18-13-9-14(19(18)23(3,4)5)15(10-13)20(25)28-16-11-17(29-21(16)26)22(27)30-24(6,7)8/h12-19H,9-11H2,1-8H3. The highest BCUT2D eigenvalue weighted by atomic mass is 16.6. The van der Waals surface area contributed by atoms with Crippen LogP contribution in [0.15, 0.2) is 0 Å². The van der Waals surface area contributed by atoms with Gasteiger partial charge in [0.2, 0.25) is 12.2 Å². The highest BCUT2D eigenvalue weighted by molar-refractivity contribution is 5.87. The van der Waals surface area contributed by atoms with Gasteiger partial charge in [-0.05, 0) is 68.6 Å². The smallest absolute Gasteiger partial charge is 0.348 e. The molecular weight excluding hydrogens is 384 g/mol. The molecule has 7 unspecified atom stereocenters. The maximum atomic E-state index is 13.0. The van der Waals surface area contributed by atoms with E-state index in [4.69, 9.17) is 14.2 Å². The molecule has 0 aromatic heterocycles. The number of ether oxygens (including phenoxy) is 3. The Morgan fingerprint density at radius 2 is 1.63 bits per heavy atom. The molecule has 1 heterocycles. The van der Waals surface area contributed by atoms with E-state index in [1.807, 2.05) is 0 Å². The summed E-state index contributed by atoms with van der Waals surface area (Å²) in [5.41, 5.74) is -0.558. The molecule has 30 heavy (non-hydrogen) atoms. The highest BCUT2D eigenvalue weighted by Crippen LogP contribution is 2.62. The molecule has 0 N–H and O–H groups in total. The first-order valence-corrected chi connectivity index (χ1v) is 11.3. The molecule has 3 aliphatic rings. The number of carbonyl (C=O) groups excluding carboxylic acids is 3. The number of carbonyl (C=O) groups is 3. The van der Waals surface area contributed by atoms with Crippen molar-refractivity contribution in [3.63, 3.8) is 0 Å². The second-order valence-electron chi connectivity index (χ2n) is 11.8. The fraction of sp³-hybridized carbons (Fsp3) is 0.875. The third-order valence-electron chi connectivity index (χ3n) is 7.02. The van der Waals surface area contributed by atoms with E-state index in [0.717, 1.165) is 12.8 Å². The van der Waals surface area contributed by atoms with Crippen molar-refractivity contribution in [1.82, 2.24) is 0 Å². The minimum atomic E-state index is -1.02. The maximum absolute atomic E-state index is 13.0. The van der Waals surface area contributed by atoms with Crippen LogP contribution in [0.2, 0.25) is 0 Å². The SMILES string of the molecule is CC(C)C1C2CC(C(=O)OC3CC(C(=O)OC(C)(C)C)OC3=O)C(C2)C1C(C)(C)C. The number of rotatable bonds is 4. The summed E-state index contributed by atoms with van der Waals surface area (Å²) in [6, 6.07) is 0. The first-order valence-electron chi connectivity index (χ1n) is 11.3. The lowest BCUT2D eigenvalue weighted by atomic mass is 9.60. The molecule has 2 bridgehead atoms. The van der Waals surface area contributed by atoms with Gasteiger partial charge in [-0.2, -0.15) is 0 Å². The molecular formula is C24H38O6. The van der Waals surface area contributed by atoms with Crippen molar-refractivity contribution in [3.8, 4) is 0 Å². The third kappa shape index (κ3) is 4.52. The lowest BCUT2D eigenvalue weighted by molar-refractivity contribution is -0.172. The molecule has 7 atom stereocenters. The van der Waals surface area contributed by atoms with Crippen LogP contribution < -0.4 is 0 Å². The summed E-state index contributed by atoms with van der Waals surface area (Å²) >= 11 is 0. The summed E-state index contributed by atoms with van der Waals surface area (Å²) in [6.45, 7) is 16.6. The van der Waals surface area contributed by atoms with Crippen LogP contribution in [0, 0.1) is 40.9 Å². The Kier molecular flexibility index (Phi) is 6.02. The average Bonchev–Trinajstić information content (AvgIpc) is 3.25. The minimum Gasteiger partial charge on any atom is -0.457 e. The van der Waals surface area contributed by atoms with Crippen molar-refractivity contribution in [1.29, 1.82) is 0 Å². The second-order valence-corrected chi connectivity index (χ2v) is 11.8. The molecule has 0 aromatic rings. The van der Waals surface area contributed by atoms with Crippen LogP contribution in [0.4, 0.5) is 0 Å². The summed E-state index contributed by atoms with van der Waals surface area (Å²) in [4.78, 5) is 37.5. The summed E-state index contributed by atoms with van der Waals surface area (Å²) in [5, 5.41) is 0. The number of fused-ring (bicyclic) bond motifs is 2. The van der Waals surface area contributed by atoms with E-state index in [0.29, 0.717) is 23.7 Å². The van der Waals surface area contributed by atoms with Crippen LogP contribution in [0.1, 0.15) is 74.7 Å². The van der Waals surface area contributed by atoms with Crippen molar-refractivity contribution in [3.05, 3.63) is 0 Å². The summed E-state index contributed by atoms with van der Waals surface area (Å²) in [6.07, 6.45) is -0.126. The maximum Gasteiger partial charge on any atom is 0.348 e. The fourth-order valence-corrected chi connectivity index (χ4v) is 6.24. The largest absolute Gasteiger partial charge is 0.457 e. The molecule has 1 aliphatic heterocycles. The molecule has 2 saturated carbocycles. The highest BCUT2D eigenvalue weighted by Gasteiger charge is 2.59. The van der Waals surface area contributed by atoms with E-state index in [1.165, 1.54) is 0 Å². The number of cyclic esters (lactones) is 1. The second kappa shape index (κ2) is 7.83. The normalized spacial score (nSPS) is 36.2. The van der Waals surface area contributed by atoms with E-state index in [9.17, 15) is 14.4 Å². The molecule has 0 amide bonds. The monoisotopic (exact) mass is 422 g/mol. The van der Waals surface area contributed by atoms with Gasteiger partial charge in [0.15, 0.2) is 0 Å². The molecule has 0 radical (unpaired) electrons. The number of hydrogen-bond donors (Lipinski definition) is 0.